The van der Waals surface area contributed by atoms with E-state index in [1.165, 1.54) is 0 Å². The minimum atomic E-state index is -0.591. The van der Waals surface area contributed by atoms with Crippen LogP contribution in [0, 0.1) is 6.92 Å². The number of aromatic nitrogens is 3. The van der Waals surface area contributed by atoms with Gasteiger partial charge in [0.1, 0.15) is 11.2 Å². The molecule has 0 radical (unpaired) electrons. The predicted octanol–water partition coefficient (Wildman–Crippen LogP) is 1.67. The number of nitrogens with zero attached hydrogens (tertiary/aromatic N) is 4. The lowest BCUT2D eigenvalue weighted by Gasteiger charge is -2.40. The van der Waals surface area contributed by atoms with Crippen LogP contribution in [0.3, 0.4) is 0 Å². The molecule has 162 valence electrons. The van der Waals surface area contributed by atoms with E-state index in [0.29, 0.717) is 25.2 Å². The SMILES string of the molecule is Cc1cc(C(=O)N[C@@H]2CN3CCCC[C@@]3(C(=O)NCc3cn4ccccc4n3)C2)on1. The van der Waals surface area contributed by atoms with Crippen LogP contribution < -0.4 is 10.6 Å². The number of nitrogens with one attached hydrogen (secondary N) is 2. The number of pyridine rings is 1. The highest BCUT2D eigenvalue weighted by molar-refractivity contribution is 5.92. The zero-order chi connectivity index (χ0) is 21.4. The quantitative estimate of drug-likeness (QED) is 0.648. The highest BCUT2D eigenvalue weighted by Gasteiger charge is 2.52. The van der Waals surface area contributed by atoms with Gasteiger partial charge in [-0.25, -0.2) is 4.98 Å². The molecule has 5 heterocycles. The fourth-order valence-electron chi connectivity index (χ4n) is 4.91. The van der Waals surface area contributed by atoms with E-state index in [2.05, 4.69) is 25.7 Å². The molecule has 2 N–H and O–H groups in total. The molecule has 2 aliphatic heterocycles. The zero-order valence-corrected chi connectivity index (χ0v) is 17.5. The second-order valence-corrected chi connectivity index (χ2v) is 8.52. The fourth-order valence-corrected chi connectivity index (χ4v) is 4.91. The van der Waals surface area contributed by atoms with Gasteiger partial charge < -0.3 is 19.6 Å². The van der Waals surface area contributed by atoms with E-state index in [1.807, 2.05) is 35.0 Å². The largest absolute Gasteiger partial charge is 0.351 e. The van der Waals surface area contributed by atoms with Gasteiger partial charge in [0, 0.05) is 31.0 Å². The van der Waals surface area contributed by atoms with Crippen LogP contribution in [-0.4, -0.2) is 55.9 Å². The summed E-state index contributed by atoms with van der Waals surface area (Å²) in [5.74, 6) is -0.0741. The monoisotopic (exact) mass is 422 g/mol. The Morgan fingerprint density at radius 2 is 2.23 bits per heavy atom. The lowest BCUT2D eigenvalue weighted by atomic mass is 9.84. The molecule has 2 saturated heterocycles. The summed E-state index contributed by atoms with van der Waals surface area (Å²) in [5, 5.41) is 9.91. The molecule has 2 fully saturated rings. The van der Waals surface area contributed by atoms with Crippen molar-refractivity contribution in [3.63, 3.8) is 0 Å². The topological polar surface area (TPSA) is 105 Å². The first kappa shape index (κ1) is 19.7. The van der Waals surface area contributed by atoms with Crippen molar-refractivity contribution in [2.75, 3.05) is 13.1 Å². The third kappa shape index (κ3) is 3.69. The first-order chi connectivity index (χ1) is 15.0. The van der Waals surface area contributed by atoms with E-state index in [4.69, 9.17) is 4.52 Å². The molecule has 3 aromatic rings. The number of piperidine rings is 1. The van der Waals surface area contributed by atoms with Crippen molar-refractivity contribution < 1.29 is 14.1 Å². The van der Waals surface area contributed by atoms with E-state index < -0.39 is 5.54 Å². The van der Waals surface area contributed by atoms with Crippen molar-refractivity contribution in [1.29, 1.82) is 0 Å². The number of fused-ring (bicyclic) bond motifs is 2. The van der Waals surface area contributed by atoms with Gasteiger partial charge >= 0.3 is 0 Å². The van der Waals surface area contributed by atoms with Gasteiger partial charge in [0.25, 0.3) is 5.91 Å². The molecule has 9 heteroatoms. The molecular weight excluding hydrogens is 396 g/mol. The van der Waals surface area contributed by atoms with Crippen LogP contribution in [0.25, 0.3) is 5.65 Å². The van der Waals surface area contributed by atoms with Crippen molar-refractivity contribution in [2.24, 2.45) is 0 Å². The number of hydrogen-bond donors (Lipinski definition) is 2. The van der Waals surface area contributed by atoms with Gasteiger partial charge in [0.05, 0.1) is 17.9 Å². The Balaban J connectivity index is 1.27. The third-order valence-corrected chi connectivity index (χ3v) is 6.35. The smallest absolute Gasteiger partial charge is 0.290 e. The van der Waals surface area contributed by atoms with E-state index in [1.54, 1.807) is 13.0 Å². The van der Waals surface area contributed by atoms with E-state index in [0.717, 1.165) is 37.1 Å². The average Bonchev–Trinajstić information content (AvgIpc) is 3.47. The Morgan fingerprint density at radius 1 is 1.32 bits per heavy atom. The first-order valence-electron chi connectivity index (χ1n) is 10.7. The van der Waals surface area contributed by atoms with Gasteiger partial charge in [-0.15, -0.1) is 0 Å². The molecule has 2 aliphatic rings. The minimum Gasteiger partial charge on any atom is -0.351 e. The van der Waals surface area contributed by atoms with Crippen molar-refractivity contribution in [2.45, 2.75) is 50.7 Å². The Morgan fingerprint density at radius 3 is 3.03 bits per heavy atom. The lowest BCUT2D eigenvalue weighted by Crippen LogP contribution is -2.57. The van der Waals surface area contributed by atoms with E-state index in [9.17, 15) is 9.59 Å². The summed E-state index contributed by atoms with van der Waals surface area (Å²) in [6.07, 6.45) is 7.31. The second-order valence-electron chi connectivity index (χ2n) is 8.52. The maximum atomic E-state index is 13.4. The molecule has 2 amide bonds. The van der Waals surface area contributed by atoms with Crippen LogP contribution >= 0.6 is 0 Å². The molecule has 0 bridgehead atoms. The van der Waals surface area contributed by atoms with Crippen molar-refractivity contribution in [3.05, 3.63) is 53.8 Å². The maximum Gasteiger partial charge on any atom is 0.290 e. The fraction of sp³-hybridized carbons (Fsp3) is 0.455. The third-order valence-electron chi connectivity index (χ3n) is 6.35. The number of carbonyl (C=O) groups excluding carboxylic acids is 2. The summed E-state index contributed by atoms with van der Waals surface area (Å²) in [6.45, 7) is 3.67. The van der Waals surface area contributed by atoms with Gasteiger partial charge in [-0.3, -0.25) is 14.5 Å². The summed E-state index contributed by atoms with van der Waals surface area (Å²) >= 11 is 0. The average molecular weight is 422 g/mol. The summed E-state index contributed by atoms with van der Waals surface area (Å²) in [7, 11) is 0. The van der Waals surface area contributed by atoms with Crippen LogP contribution in [0.15, 0.2) is 41.2 Å². The Labute approximate surface area is 179 Å². The number of amides is 2. The second kappa shape index (κ2) is 7.81. The number of imidazole rings is 1. The standard InChI is InChI=1S/C22H26N6O3/c1-15-10-18(31-26-15)20(29)25-16-11-22(7-3-5-9-28(22)14-16)21(30)23-12-17-13-27-8-4-2-6-19(27)24-17/h2,4,6,8,10,13,16H,3,5,7,9,11-12,14H2,1H3,(H,23,30)(H,25,29)/t16-,22-/m0/s1. The van der Waals surface area contributed by atoms with Crippen LogP contribution in [-0.2, 0) is 11.3 Å². The highest BCUT2D eigenvalue weighted by atomic mass is 16.5. The summed E-state index contributed by atoms with van der Waals surface area (Å²) in [5.41, 5.74) is 1.75. The van der Waals surface area contributed by atoms with Crippen LogP contribution in [0.1, 0.15) is 47.6 Å². The Hall–Kier alpha value is -3.20. The molecule has 9 nitrogen and oxygen atoms in total. The summed E-state index contributed by atoms with van der Waals surface area (Å²) in [4.78, 5) is 32.7. The highest BCUT2D eigenvalue weighted by Crippen LogP contribution is 2.38. The molecule has 5 rings (SSSR count). The molecule has 31 heavy (non-hydrogen) atoms. The molecule has 0 aliphatic carbocycles. The van der Waals surface area contributed by atoms with Gasteiger partial charge in [-0.2, -0.15) is 0 Å². The zero-order valence-electron chi connectivity index (χ0n) is 17.5. The van der Waals surface area contributed by atoms with E-state index in [-0.39, 0.29) is 23.6 Å². The molecule has 2 atom stereocenters. The summed E-state index contributed by atoms with van der Waals surface area (Å²) in [6, 6.07) is 7.33. The van der Waals surface area contributed by atoms with Crippen molar-refractivity contribution >= 4 is 17.5 Å². The van der Waals surface area contributed by atoms with E-state index >= 15 is 0 Å². The van der Waals surface area contributed by atoms with Crippen LogP contribution in [0.2, 0.25) is 0 Å². The molecule has 0 unspecified atom stereocenters. The number of carbonyl (C=O) groups is 2. The van der Waals surface area contributed by atoms with Crippen molar-refractivity contribution in [3.8, 4) is 0 Å². The summed E-state index contributed by atoms with van der Waals surface area (Å²) < 4.78 is 7.02. The van der Waals surface area contributed by atoms with Crippen LogP contribution in [0.4, 0.5) is 0 Å². The van der Waals surface area contributed by atoms with Crippen molar-refractivity contribution in [1.82, 2.24) is 30.1 Å². The molecule has 3 aromatic heterocycles. The van der Waals surface area contributed by atoms with Gasteiger partial charge in [0.15, 0.2) is 0 Å². The normalized spacial score (nSPS) is 23.6. The molecule has 0 saturated carbocycles. The Bertz CT molecular complexity index is 1090. The predicted molar refractivity (Wildman–Crippen MR) is 112 cm³/mol. The number of hydrogen-bond acceptors (Lipinski definition) is 6. The van der Waals surface area contributed by atoms with Gasteiger partial charge in [-0.05, 0) is 51.3 Å². The molecule has 0 spiro atoms. The van der Waals surface area contributed by atoms with Crippen LogP contribution in [0.5, 0.6) is 0 Å². The lowest BCUT2D eigenvalue weighted by molar-refractivity contribution is -0.134. The van der Waals surface area contributed by atoms with Gasteiger partial charge in [0.2, 0.25) is 11.7 Å². The van der Waals surface area contributed by atoms with Gasteiger partial charge in [-0.1, -0.05) is 11.2 Å². The number of aryl methyl sites for hydroxylation is 1. The molecule has 0 aromatic carbocycles. The maximum absolute atomic E-state index is 13.4. The molecular formula is C22H26N6O3. The first-order valence-corrected chi connectivity index (χ1v) is 10.7. The Kier molecular flexibility index (Phi) is 4.97. The number of rotatable bonds is 5. The minimum absolute atomic E-state index is 0.0107.